The summed E-state index contributed by atoms with van der Waals surface area (Å²) < 4.78 is 0. The lowest BCUT2D eigenvalue weighted by Gasteiger charge is -2.08. The smallest absolute Gasteiger partial charge is 0.296 e. The molecule has 1 amide bonds. The Hall–Kier alpha value is -1.41. The van der Waals surface area contributed by atoms with E-state index in [1.807, 2.05) is 6.92 Å². The van der Waals surface area contributed by atoms with E-state index in [0.717, 1.165) is 12.8 Å². The van der Waals surface area contributed by atoms with Gasteiger partial charge in [-0.15, -0.1) is 6.42 Å². The predicted octanol–water partition coefficient (Wildman–Crippen LogP) is 0.928. The van der Waals surface area contributed by atoms with Crippen LogP contribution in [0.3, 0.4) is 0 Å². The minimum absolute atomic E-state index is 0.177. The molecule has 0 aliphatic heterocycles. The van der Waals surface area contributed by atoms with Gasteiger partial charge in [0.2, 0.25) is 0 Å². The van der Waals surface area contributed by atoms with Crippen molar-refractivity contribution in [2.45, 2.75) is 32.7 Å². The molecular weight excluding hydrogens is 150 g/mol. The van der Waals surface area contributed by atoms with E-state index in [9.17, 15) is 4.79 Å². The Labute approximate surface area is 73.7 Å². The second-order valence-electron chi connectivity index (χ2n) is 2.36. The van der Waals surface area contributed by atoms with Gasteiger partial charge in [0, 0.05) is 0 Å². The molecule has 0 spiro atoms. The molecule has 0 bridgehead atoms. The number of terminal acetylenes is 1. The van der Waals surface area contributed by atoms with Crippen LogP contribution in [0.25, 0.3) is 0 Å². The molecule has 0 saturated carbocycles. The first-order valence-electron chi connectivity index (χ1n) is 3.94. The molecule has 2 nitrogen and oxygen atoms in total. The fourth-order valence-corrected chi connectivity index (χ4v) is 0.794. The second-order valence-corrected chi connectivity index (χ2v) is 2.36. The van der Waals surface area contributed by atoms with Gasteiger partial charge in [0.05, 0.1) is 6.04 Å². The van der Waals surface area contributed by atoms with E-state index in [-0.39, 0.29) is 11.9 Å². The number of carbonyl (C=O) groups is 1. The van der Waals surface area contributed by atoms with Crippen LogP contribution in [0, 0.1) is 24.2 Å². The number of rotatable bonds is 3. The van der Waals surface area contributed by atoms with Gasteiger partial charge >= 0.3 is 0 Å². The third kappa shape index (κ3) is 4.41. The van der Waals surface area contributed by atoms with Crippen LogP contribution in [0.4, 0.5) is 0 Å². The van der Waals surface area contributed by atoms with Gasteiger partial charge < -0.3 is 5.32 Å². The molecule has 64 valence electrons. The summed E-state index contributed by atoms with van der Waals surface area (Å²) in [6.07, 6.45) is 6.94. The Morgan fingerprint density at radius 3 is 2.75 bits per heavy atom. The first-order valence-corrected chi connectivity index (χ1v) is 3.94. The zero-order valence-corrected chi connectivity index (χ0v) is 7.48. The van der Waals surface area contributed by atoms with Crippen molar-refractivity contribution in [1.29, 1.82) is 0 Å². The molecule has 2 heteroatoms. The summed E-state index contributed by atoms with van der Waals surface area (Å²) in [5.41, 5.74) is 0. The number of carbonyl (C=O) groups excluding carboxylic acids is 1. The number of amides is 1. The van der Waals surface area contributed by atoms with Crippen molar-refractivity contribution in [2.75, 3.05) is 0 Å². The van der Waals surface area contributed by atoms with Gasteiger partial charge in [0.25, 0.3) is 5.91 Å². The molecule has 0 aromatic heterocycles. The Kier molecular flexibility index (Phi) is 5.57. The van der Waals surface area contributed by atoms with Crippen LogP contribution in [0.1, 0.15) is 26.7 Å². The molecule has 0 heterocycles. The summed E-state index contributed by atoms with van der Waals surface area (Å²) in [7, 11) is 0. The summed E-state index contributed by atoms with van der Waals surface area (Å²) in [4.78, 5) is 10.9. The highest BCUT2D eigenvalue weighted by atomic mass is 16.1. The van der Waals surface area contributed by atoms with E-state index in [2.05, 4.69) is 23.1 Å². The monoisotopic (exact) mass is 163 g/mol. The highest BCUT2D eigenvalue weighted by Gasteiger charge is 2.04. The molecule has 1 atom stereocenters. The minimum Gasteiger partial charge on any atom is -0.332 e. The Bertz CT molecular complexity index is 239. The molecule has 0 aromatic carbocycles. The minimum atomic E-state index is -0.297. The average molecular weight is 163 g/mol. The Balaban J connectivity index is 3.93. The highest BCUT2D eigenvalue weighted by Crippen LogP contribution is 1.93. The molecule has 0 rings (SSSR count). The van der Waals surface area contributed by atoms with Gasteiger partial charge in [-0.3, -0.25) is 4.79 Å². The van der Waals surface area contributed by atoms with E-state index in [0.29, 0.717) is 0 Å². The number of hydrogen-bond donors (Lipinski definition) is 1. The molecule has 12 heavy (non-hydrogen) atoms. The molecule has 0 fully saturated rings. The fraction of sp³-hybridized carbons (Fsp3) is 0.500. The SMILES string of the molecule is C#CC(CCC)NC(=O)C#CC. The van der Waals surface area contributed by atoms with E-state index < -0.39 is 0 Å². The summed E-state index contributed by atoms with van der Waals surface area (Å²) in [6.45, 7) is 3.63. The summed E-state index contributed by atoms with van der Waals surface area (Å²) in [5.74, 6) is 7.08. The van der Waals surface area contributed by atoms with Crippen molar-refractivity contribution in [1.82, 2.24) is 5.32 Å². The van der Waals surface area contributed by atoms with E-state index in [1.54, 1.807) is 6.92 Å². The zero-order chi connectivity index (χ0) is 9.40. The van der Waals surface area contributed by atoms with Gasteiger partial charge in [0.15, 0.2) is 0 Å². The molecule has 0 aliphatic rings. The van der Waals surface area contributed by atoms with Crippen LogP contribution in [0.5, 0.6) is 0 Å². The van der Waals surface area contributed by atoms with Crippen molar-refractivity contribution in [3.8, 4) is 24.2 Å². The Morgan fingerprint density at radius 2 is 2.33 bits per heavy atom. The average Bonchev–Trinajstić information content (AvgIpc) is 2.04. The molecule has 0 aliphatic carbocycles. The zero-order valence-electron chi connectivity index (χ0n) is 7.48. The summed E-state index contributed by atoms with van der Waals surface area (Å²) >= 11 is 0. The first-order chi connectivity index (χ1) is 5.74. The molecule has 0 aromatic rings. The van der Waals surface area contributed by atoms with Crippen LogP contribution in [0.2, 0.25) is 0 Å². The largest absolute Gasteiger partial charge is 0.332 e. The van der Waals surface area contributed by atoms with Crippen molar-refractivity contribution in [3.05, 3.63) is 0 Å². The van der Waals surface area contributed by atoms with Crippen molar-refractivity contribution >= 4 is 5.91 Å². The number of hydrogen-bond acceptors (Lipinski definition) is 1. The standard InChI is InChI=1S/C10H13NO/c1-4-7-9(6-3)11-10(12)8-5-2/h3,9H,4,7H2,1-2H3,(H,11,12). The van der Waals surface area contributed by atoms with Crippen molar-refractivity contribution < 1.29 is 4.79 Å². The maximum absolute atomic E-state index is 10.9. The van der Waals surface area contributed by atoms with Gasteiger partial charge in [-0.1, -0.05) is 25.2 Å². The highest BCUT2D eigenvalue weighted by molar-refractivity contribution is 5.93. The second kappa shape index (κ2) is 6.31. The van der Waals surface area contributed by atoms with Crippen molar-refractivity contribution in [2.24, 2.45) is 0 Å². The van der Waals surface area contributed by atoms with Gasteiger partial charge in [0.1, 0.15) is 0 Å². The summed E-state index contributed by atoms with van der Waals surface area (Å²) in [5, 5.41) is 2.62. The fourth-order valence-electron chi connectivity index (χ4n) is 0.794. The van der Waals surface area contributed by atoms with Gasteiger partial charge in [-0.25, -0.2) is 0 Å². The third-order valence-corrected chi connectivity index (χ3v) is 1.32. The molecular formula is C10H13NO. The van der Waals surface area contributed by atoms with Crippen LogP contribution < -0.4 is 5.32 Å². The predicted molar refractivity (Wildman–Crippen MR) is 49.1 cm³/mol. The van der Waals surface area contributed by atoms with E-state index in [1.165, 1.54) is 0 Å². The lowest BCUT2D eigenvalue weighted by Crippen LogP contribution is -2.32. The van der Waals surface area contributed by atoms with Gasteiger partial charge in [-0.05, 0) is 19.3 Å². The van der Waals surface area contributed by atoms with Gasteiger partial charge in [-0.2, -0.15) is 0 Å². The lowest BCUT2D eigenvalue weighted by atomic mass is 10.2. The summed E-state index contributed by atoms with van der Waals surface area (Å²) in [6, 6.07) is -0.177. The topological polar surface area (TPSA) is 29.1 Å². The van der Waals surface area contributed by atoms with Crippen molar-refractivity contribution in [3.63, 3.8) is 0 Å². The third-order valence-electron chi connectivity index (χ3n) is 1.32. The number of nitrogens with one attached hydrogen (secondary N) is 1. The molecule has 1 N–H and O–H groups in total. The van der Waals surface area contributed by atoms with Crippen LogP contribution in [0.15, 0.2) is 0 Å². The van der Waals surface area contributed by atoms with Crippen LogP contribution in [-0.2, 0) is 4.79 Å². The maximum Gasteiger partial charge on any atom is 0.296 e. The molecule has 0 saturated heterocycles. The van der Waals surface area contributed by atoms with Crippen LogP contribution >= 0.6 is 0 Å². The molecule has 1 unspecified atom stereocenters. The maximum atomic E-state index is 10.9. The van der Waals surface area contributed by atoms with E-state index >= 15 is 0 Å². The lowest BCUT2D eigenvalue weighted by molar-refractivity contribution is -0.116. The quantitative estimate of drug-likeness (QED) is 0.616. The normalized spacial score (nSPS) is 10.4. The Morgan fingerprint density at radius 1 is 1.67 bits per heavy atom. The van der Waals surface area contributed by atoms with E-state index in [4.69, 9.17) is 6.42 Å². The van der Waals surface area contributed by atoms with Crippen LogP contribution in [-0.4, -0.2) is 11.9 Å². The first kappa shape index (κ1) is 10.6. The molecule has 0 radical (unpaired) electrons.